The molecule has 2 aromatic rings. The molecule has 0 spiro atoms. The molecule has 9 heteroatoms. The lowest BCUT2D eigenvalue weighted by Crippen LogP contribution is -2.33. The molecular weight excluding hydrogens is 479 g/mol. The highest BCUT2D eigenvalue weighted by atomic mass is 32.2. The van der Waals surface area contributed by atoms with Gasteiger partial charge in [0.05, 0.1) is 12.0 Å². The molecule has 1 heterocycles. The molecule has 0 saturated carbocycles. The molecule has 0 unspecified atom stereocenters. The van der Waals surface area contributed by atoms with E-state index in [9.17, 15) is 22.8 Å². The van der Waals surface area contributed by atoms with Crippen LogP contribution in [0.1, 0.15) is 57.2 Å². The summed E-state index contributed by atoms with van der Waals surface area (Å²) in [7, 11) is 1.47. The first kappa shape index (κ1) is 25.2. The van der Waals surface area contributed by atoms with Crippen molar-refractivity contribution in [1.82, 2.24) is 5.32 Å². The van der Waals surface area contributed by atoms with E-state index in [2.05, 4.69) is 37.7 Å². The average molecular weight is 506 g/mol. The minimum atomic E-state index is -4.93. The van der Waals surface area contributed by atoms with Gasteiger partial charge in [-0.2, -0.15) is 0 Å². The van der Waals surface area contributed by atoms with E-state index in [1.165, 1.54) is 25.3 Å². The number of benzene rings is 2. The Balaban J connectivity index is 2.02. The lowest BCUT2D eigenvalue weighted by molar-refractivity contribution is -0.274. The molecule has 2 aliphatic rings. The van der Waals surface area contributed by atoms with E-state index < -0.39 is 23.3 Å². The van der Waals surface area contributed by atoms with Gasteiger partial charge >= 0.3 is 6.36 Å². The van der Waals surface area contributed by atoms with E-state index in [0.29, 0.717) is 28.6 Å². The molecule has 35 heavy (non-hydrogen) atoms. The third kappa shape index (κ3) is 4.91. The van der Waals surface area contributed by atoms with Crippen LogP contribution in [0.5, 0.6) is 11.5 Å². The van der Waals surface area contributed by atoms with Gasteiger partial charge in [-0.1, -0.05) is 39.8 Å². The number of rotatable bonds is 4. The van der Waals surface area contributed by atoms with E-state index in [-0.39, 0.29) is 21.3 Å². The fourth-order valence-electron chi connectivity index (χ4n) is 4.69. The molecule has 1 fully saturated rings. The predicted octanol–water partition coefficient (Wildman–Crippen LogP) is 6.93. The maximum atomic E-state index is 13.4. The van der Waals surface area contributed by atoms with Crippen LogP contribution >= 0.6 is 11.8 Å². The minimum absolute atomic E-state index is 0.0822. The normalized spacial score (nSPS) is 19.9. The van der Waals surface area contributed by atoms with Crippen LogP contribution in [-0.2, 0) is 15.6 Å². The second kappa shape index (κ2) is 8.62. The number of halogens is 3. The van der Waals surface area contributed by atoms with Gasteiger partial charge in [0.2, 0.25) is 0 Å². The van der Waals surface area contributed by atoms with Crippen LogP contribution in [0.15, 0.2) is 35.2 Å². The van der Waals surface area contributed by atoms with Crippen LogP contribution in [0.25, 0.3) is 17.2 Å². The van der Waals surface area contributed by atoms with E-state index in [1.807, 2.05) is 12.1 Å². The Morgan fingerprint density at radius 3 is 2.17 bits per heavy atom. The van der Waals surface area contributed by atoms with Gasteiger partial charge in [-0.05, 0) is 76.4 Å². The van der Waals surface area contributed by atoms with Crippen LogP contribution in [0.3, 0.4) is 0 Å². The highest BCUT2D eigenvalue weighted by molar-refractivity contribution is 8.18. The summed E-state index contributed by atoms with van der Waals surface area (Å²) in [6.07, 6.45) is -1.66. The molecule has 186 valence electrons. The molecule has 0 atom stereocenters. The molecular formula is C26H26F3NO4S. The smallest absolute Gasteiger partial charge is 0.496 e. The van der Waals surface area contributed by atoms with Crippen molar-refractivity contribution in [2.45, 2.75) is 57.7 Å². The van der Waals surface area contributed by atoms with Crippen molar-refractivity contribution in [3.05, 3.63) is 51.9 Å². The molecule has 1 N–H and O–H groups in total. The number of nitrogens with one attached hydrogen (secondary N) is 1. The van der Waals surface area contributed by atoms with E-state index in [0.717, 1.165) is 24.0 Å². The molecule has 1 saturated heterocycles. The molecule has 0 bridgehead atoms. The maximum Gasteiger partial charge on any atom is 0.573 e. The molecule has 1 aliphatic heterocycles. The number of alkyl halides is 3. The monoisotopic (exact) mass is 505 g/mol. The average Bonchev–Trinajstić information content (AvgIpc) is 3.06. The van der Waals surface area contributed by atoms with Gasteiger partial charge in [-0.15, -0.1) is 13.2 Å². The topological polar surface area (TPSA) is 64.6 Å². The van der Waals surface area contributed by atoms with E-state index in [1.54, 1.807) is 6.07 Å². The Bertz CT molecular complexity index is 1250. The third-order valence-electron chi connectivity index (χ3n) is 6.66. The highest BCUT2D eigenvalue weighted by Crippen LogP contribution is 2.51. The largest absolute Gasteiger partial charge is 0.573 e. The van der Waals surface area contributed by atoms with Gasteiger partial charge < -0.3 is 9.47 Å². The first-order chi connectivity index (χ1) is 16.2. The number of hydrogen-bond acceptors (Lipinski definition) is 5. The summed E-state index contributed by atoms with van der Waals surface area (Å²) < 4.78 is 50.3. The van der Waals surface area contributed by atoms with Crippen molar-refractivity contribution in [2.24, 2.45) is 0 Å². The van der Waals surface area contributed by atoms with Crippen LogP contribution in [0, 0.1) is 0 Å². The summed E-state index contributed by atoms with van der Waals surface area (Å²) in [5.74, 6) is -0.631. The van der Waals surface area contributed by atoms with Gasteiger partial charge in [0.1, 0.15) is 11.5 Å². The quantitative estimate of drug-likeness (QED) is 0.457. The number of carbonyl (C=O) groups is 2. The Morgan fingerprint density at radius 1 is 1.00 bits per heavy atom. The number of methoxy groups -OCH3 is 1. The SMILES string of the molecule is COc1cc2c(cc1-c1c(/C=C3/SC(=O)NC3=O)cccc1OC(F)(F)F)C(C)(C)CCC2(C)C. The zero-order valence-electron chi connectivity index (χ0n) is 20.1. The fraction of sp³-hybridized carbons (Fsp3) is 0.385. The van der Waals surface area contributed by atoms with Crippen molar-refractivity contribution in [3.8, 4) is 22.6 Å². The molecule has 1 aliphatic carbocycles. The first-order valence-electron chi connectivity index (χ1n) is 11.1. The Labute approximate surface area is 206 Å². The van der Waals surface area contributed by atoms with E-state index >= 15 is 0 Å². The van der Waals surface area contributed by atoms with Crippen LogP contribution < -0.4 is 14.8 Å². The molecule has 5 nitrogen and oxygen atoms in total. The Hall–Kier alpha value is -2.94. The van der Waals surface area contributed by atoms with Crippen LogP contribution in [-0.4, -0.2) is 24.6 Å². The van der Waals surface area contributed by atoms with E-state index in [4.69, 9.17) is 4.74 Å². The summed E-state index contributed by atoms with van der Waals surface area (Å²) in [4.78, 5) is 23.9. The van der Waals surface area contributed by atoms with Gasteiger partial charge in [-0.3, -0.25) is 14.9 Å². The lowest BCUT2D eigenvalue weighted by atomic mass is 9.62. The van der Waals surface area contributed by atoms with Crippen LogP contribution in [0.4, 0.5) is 18.0 Å². The third-order valence-corrected chi connectivity index (χ3v) is 7.47. The second-order valence-corrected chi connectivity index (χ2v) is 11.0. The molecule has 0 radical (unpaired) electrons. The van der Waals surface area contributed by atoms with Gasteiger partial charge in [0.15, 0.2) is 0 Å². The maximum absolute atomic E-state index is 13.4. The minimum Gasteiger partial charge on any atom is -0.496 e. The number of carbonyl (C=O) groups excluding carboxylic acids is 2. The van der Waals surface area contributed by atoms with Crippen molar-refractivity contribution < 1.29 is 32.2 Å². The number of amides is 2. The summed E-state index contributed by atoms with van der Waals surface area (Å²) >= 11 is 0.691. The van der Waals surface area contributed by atoms with Gasteiger partial charge in [0, 0.05) is 11.1 Å². The number of thioether (sulfide) groups is 1. The zero-order chi connectivity index (χ0) is 25.8. The Kier molecular flexibility index (Phi) is 6.20. The summed E-state index contributed by atoms with van der Waals surface area (Å²) in [5.41, 5.74) is 2.60. The fourth-order valence-corrected chi connectivity index (χ4v) is 5.36. The Morgan fingerprint density at radius 2 is 1.63 bits per heavy atom. The summed E-state index contributed by atoms with van der Waals surface area (Å²) in [6, 6.07) is 7.99. The first-order valence-corrected chi connectivity index (χ1v) is 11.9. The number of ether oxygens (including phenoxy) is 2. The number of hydrogen-bond donors (Lipinski definition) is 1. The summed E-state index contributed by atoms with van der Waals surface area (Å²) in [6.45, 7) is 8.51. The molecule has 2 amide bonds. The number of fused-ring (bicyclic) bond motifs is 1. The van der Waals surface area contributed by atoms with Crippen molar-refractivity contribution in [3.63, 3.8) is 0 Å². The lowest BCUT2D eigenvalue weighted by Gasteiger charge is -2.42. The second-order valence-electron chi connectivity index (χ2n) is 9.99. The molecule has 4 rings (SSSR count). The van der Waals surface area contributed by atoms with Crippen LogP contribution in [0.2, 0.25) is 0 Å². The predicted molar refractivity (Wildman–Crippen MR) is 130 cm³/mol. The number of imide groups is 1. The zero-order valence-corrected chi connectivity index (χ0v) is 20.9. The highest BCUT2D eigenvalue weighted by Gasteiger charge is 2.39. The van der Waals surface area contributed by atoms with Crippen molar-refractivity contribution in [2.75, 3.05) is 7.11 Å². The molecule has 0 aromatic heterocycles. The van der Waals surface area contributed by atoms with Crippen molar-refractivity contribution in [1.29, 1.82) is 0 Å². The van der Waals surface area contributed by atoms with Crippen molar-refractivity contribution >= 4 is 29.0 Å². The van der Waals surface area contributed by atoms with Gasteiger partial charge in [0.25, 0.3) is 11.1 Å². The standard InChI is InChI=1S/C26H26F3NO4S/c1-24(2)9-10-25(3,4)17-13-19(33-5)15(12-16(17)24)21-14(11-20-22(31)30-23(32)35-20)7-6-8-18(21)34-26(27,28)29/h6-8,11-13H,9-10H2,1-5H3,(H,30,31,32)/b20-11+. The van der Waals surface area contributed by atoms with Gasteiger partial charge in [-0.25, -0.2) is 0 Å². The summed E-state index contributed by atoms with van der Waals surface area (Å²) in [5, 5.41) is 1.62. The molecule has 2 aromatic carbocycles.